The van der Waals surface area contributed by atoms with Crippen LogP contribution in [0, 0.1) is 0 Å². The van der Waals surface area contributed by atoms with E-state index in [0.29, 0.717) is 0 Å². The molecular weight excluding hydrogens is 194 g/mol. The highest BCUT2D eigenvalue weighted by molar-refractivity contribution is 6.20. The Labute approximate surface area is 91.3 Å². The van der Waals surface area contributed by atoms with Crippen LogP contribution in [0.1, 0.15) is 43.5 Å². The molecule has 1 aromatic rings. The molecule has 0 aliphatic carbocycles. The highest BCUT2D eigenvalue weighted by Crippen LogP contribution is 2.26. The van der Waals surface area contributed by atoms with Gasteiger partial charge < -0.3 is 5.73 Å². The van der Waals surface area contributed by atoms with Crippen molar-refractivity contribution in [2.24, 2.45) is 0 Å². The molecule has 1 aromatic carbocycles. The predicted molar refractivity (Wildman–Crippen MR) is 63.6 cm³/mol. The van der Waals surface area contributed by atoms with Gasteiger partial charge in [0, 0.05) is 5.69 Å². The maximum Gasteiger partial charge on any atom is 0.0585 e. The fourth-order valence-corrected chi connectivity index (χ4v) is 1.74. The molecule has 0 fully saturated rings. The van der Waals surface area contributed by atoms with Crippen LogP contribution in [0.15, 0.2) is 24.3 Å². The number of anilines is 1. The van der Waals surface area contributed by atoms with Gasteiger partial charge in [-0.05, 0) is 24.1 Å². The van der Waals surface area contributed by atoms with Crippen LogP contribution in [0.2, 0.25) is 0 Å². The number of rotatable bonds is 5. The van der Waals surface area contributed by atoms with Crippen molar-refractivity contribution in [1.82, 2.24) is 0 Å². The number of hydrogen-bond donors (Lipinski definition) is 1. The summed E-state index contributed by atoms with van der Waals surface area (Å²) in [5, 5.41) is 0.141. The molecule has 0 spiro atoms. The normalized spacial score (nSPS) is 12.7. The second-order valence-electron chi connectivity index (χ2n) is 3.63. The lowest BCUT2D eigenvalue weighted by atomic mass is 10.1. The van der Waals surface area contributed by atoms with Crippen molar-refractivity contribution >= 4 is 17.3 Å². The van der Waals surface area contributed by atoms with Crippen molar-refractivity contribution in [1.29, 1.82) is 0 Å². The summed E-state index contributed by atoms with van der Waals surface area (Å²) in [6.07, 6.45) is 4.76. The first kappa shape index (κ1) is 11.4. The Morgan fingerprint density at radius 3 is 2.43 bits per heavy atom. The molecule has 2 heteroatoms. The standard InChI is InChI=1S/C12H18ClN/c1-2-3-4-5-12(13)10-6-8-11(14)9-7-10/h6-9,12H,2-5,14H2,1H3. The average molecular weight is 212 g/mol. The van der Waals surface area contributed by atoms with Crippen molar-refractivity contribution in [2.45, 2.75) is 38.0 Å². The van der Waals surface area contributed by atoms with Gasteiger partial charge in [-0.2, -0.15) is 0 Å². The molecule has 78 valence electrons. The van der Waals surface area contributed by atoms with Crippen LogP contribution in [-0.4, -0.2) is 0 Å². The van der Waals surface area contributed by atoms with Crippen LogP contribution in [0.3, 0.4) is 0 Å². The second-order valence-corrected chi connectivity index (χ2v) is 4.16. The van der Waals surface area contributed by atoms with Crippen molar-refractivity contribution in [2.75, 3.05) is 5.73 Å². The summed E-state index contributed by atoms with van der Waals surface area (Å²) < 4.78 is 0. The average Bonchev–Trinajstić information content (AvgIpc) is 2.19. The van der Waals surface area contributed by atoms with Gasteiger partial charge in [-0.25, -0.2) is 0 Å². The molecular formula is C12H18ClN. The zero-order valence-electron chi connectivity index (χ0n) is 8.67. The summed E-state index contributed by atoms with van der Waals surface area (Å²) in [5.41, 5.74) is 7.58. The number of nitrogen functional groups attached to an aromatic ring is 1. The first-order chi connectivity index (χ1) is 6.74. The van der Waals surface area contributed by atoms with Gasteiger partial charge in [0.25, 0.3) is 0 Å². The maximum atomic E-state index is 6.25. The van der Waals surface area contributed by atoms with Crippen LogP contribution in [0.25, 0.3) is 0 Å². The molecule has 1 unspecified atom stereocenters. The first-order valence-electron chi connectivity index (χ1n) is 5.23. The fourth-order valence-electron chi connectivity index (χ4n) is 1.45. The van der Waals surface area contributed by atoms with E-state index in [4.69, 9.17) is 17.3 Å². The lowest BCUT2D eigenvalue weighted by Crippen LogP contribution is -1.92. The van der Waals surface area contributed by atoms with Gasteiger partial charge in [0.1, 0.15) is 0 Å². The van der Waals surface area contributed by atoms with E-state index in [-0.39, 0.29) is 5.38 Å². The van der Waals surface area contributed by atoms with Crippen molar-refractivity contribution in [3.63, 3.8) is 0 Å². The summed E-state index contributed by atoms with van der Waals surface area (Å²) in [5.74, 6) is 0. The molecule has 0 aliphatic heterocycles. The third kappa shape index (κ3) is 3.59. The summed E-state index contributed by atoms with van der Waals surface area (Å²) >= 11 is 6.25. The van der Waals surface area contributed by atoms with E-state index in [2.05, 4.69) is 6.92 Å². The Morgan fingerprint density at radius 2 is 1.86 bits per heavy atom. The predicted octanol–water partition coefficient (Wildman–Crippen LogP) is 4.13. The molecule has 0 saturated heterocycles. The van der Waals surface area contributed by atoms with E-state index >= 15 is 0 Å². The van der Waals surface area contributed by atoms with Crippen LogP contribution in [0.5, 0.6) is 0 Å². The number of benzene rings is 1. The maximum absolute atomic E-state index is 6.25. The molecule has 1 rings (SSSR count). The Morgan fingerprint density at radius 1 is 1.21 bits per heavy atom. The largest absolute Gasteiger partial charge is 0.399 e. The molecule has 0 aliphatic rings. The Bertz CT molecular complexity index is 256. The Kier molecular flexibility index (Phi) is 4.81. The highest BCUT2D eigenvalue weighted by atomic mass is 35.5. The van der Waals surface area contributed by atoms with Gasteiger partial charge in [-0.1, -0.05) is 38.3 Å². The third-order valence-electron chi connectivity index (χ3n) is 2.36. The molecule has 1 nitrogen and oxygen atoms in total. The minimum atomic E-state index is 0.141. The smallest absolute Gasteiger partial charge is 0.0585 e. The summed E-state index contributed by atoms with van der Waals surface area (Å²) in [6.45, 7) is 2.20. The van der Waals surface area contributed by atoms with Gasteiger partial charge in [0.15, 0.2) is 0 Å². The Balaban J connectivity index is 2.43. The number of unbranched alkanes of at least 4 members (excludes halogenated alkanes) is 2. The molecule has 0 saturated carbocycles. The van der Waals surface area contributed by atoms with E-state index < -0.39 is 0 Å². The van der Waals surface area contributed by atoms with E-state index in [0.717, 1.165) is 12.1 Å². The van der Waals surface area contributed by atoms with Crippen LogP contribution in [0.4, 0.5) is 5.69 Å². The molecule has 1 atom stereocenters. The lowest BCUT2D eigenvalue weighted by Gasteiger charge is -2.09. The molecule has 0 amide bonds. The number of halogens is 1. The van der Waals surface area contributed by atoms with Crippen molar-refractivity contribution < 1.29 is 0 Å². The number of alkyl halides is 1. The first-order valence-corrected chi connectivity index (χ1v) is 5.67. The van der Waals surface area contributed by atoms with Gasteiger partial charge in [-0.15, -0.1) is 11.6 Å². The lowest BCUT2D eigenvalue weighted by molar-refractivity contribution is 0.655. The van der Waals surface area contributed by atoms with E-state index in [1.807, 2.05) is 24.3 Å². The molecule has 0 aromatic heterocycles. The molecule has 0 radical (unpaired) electrons. The molecule has 0 heterocycles. The number of nitrogens with two attached hydrogens (primary N) is 1. The van der Waals surface area contributed by atoms with Gasteiger partial charge in [0.2, 0.25) is 0 Å². The van der Waals surface area contributed by atoms with Gasteiger partial charge >= 0.3 is 0 Å². The monoisotopic (exact) mass is 211 g/mol. The third-order valence-corrected chi connectivity index (χ3v) is 2.83. The summed E-state index contributed by atoms with van der Waals surface area (Å²) in [6, 6.07) is 7.84. The minimum absolute atomic E-state index is 0.141. The summed E-state index contributed by atoms with van der Waals surface area (Å²) in [7, 11) is 0. The number of hydrogen-bond acceptors (Lipinski definition) is 1. The van der Waals surface area contributed by atoms with Crippen LogP contribution in [-0.2, 0) is 0 Å². The van der Waals surface area contributed by atoms with Crippen LogP contribution < -0.4 is 5.73 Å². The van der Waals surface area contributed by atoms with E-state index in [9.17, 15) is 0 Å². The van der Waals surface area contributed by atoms with Gasteiger partial charge in [0.05, 0.1) is 5.38 Å². The topological polar surface area (TPSA) is 26.0 Å². The van der Waals surface area contributed by atoms with Crippen molar-refractivity contribution in [3.05, 3.63) is 29.8 Å². The Hall–Kier alpha value is -0.690. The SMILES string of the molecule is CCCCCC(Cl)c1ccc(N)cc1. The highest BCUT2D eigenvalue weighted by Gasteiger charge is 2.06. The molecule has 2 N–H and O–H groups in total. The second kappa shape index (κ2) is 5.92. The fraction of sp³-hybridized carbons (Fsp3) is 0.500. The van der Waals surface area contributed by atoms with Gasteiger partial charge in [-0.3, -0.25) is 0 Å². The molecule has 14 heavy (non-hydrogen) atoms. The van der Waals surface area contributed by atoms with E-state index in [1.165, 1.54) is 24.8 Å². The zero-order valence-corrected chi connectivity index (χ0v) is 9.43. The van der Waals surface area contributed by atoms with Crippen LogP contribution >= 0.6 is 11.6 Å². The van der Waals surface area contributed by atoms with E-state index in [1.54, 1.807) is 0 Å². The van der Waals surface area contributed by atoms with Crippen molar-refractivity contribution in [3.8, 4) is 0 Å². The minimum Gasteiger partial charge on any atom is -0.399 e. The summed E-state index contributed by atoms with van der Waals surface area (Å²) in [4.78, 5) is 0. The quantitative estimate of drug-likeness (QED) is 0.443. The zero-order chi connectivity index (χ0) is 10.4. The molecule has 0 bridgehead atoms.